The van der Waals surface area contributed by atoms with Gasteiger partial charge in [0.15, 0.2) is 11.5 Å². The van der Waals surface area contributed by atoms with E-state index >= 15 is 0 Å². The van der Waals surface area contributed by atoms with Gasteiger partial charge in [0.05, 0.1) is 20.3 Å². The van der Waals surface area contributed by atoms with Crippen LogP contribution in [0.15, 0.2) is 36.4 Å². The predicted molar refractivity (Wildman–Crippen MR) is 120 cm³/mol. The van der Waals surface area contributed by atoms with E-state index in [0.717, 1.165) is 24.9 Å². The summed E-state index contributed by atoms with van der Waals surface area (Å²) in [4.78, 5) is 14.8. The Bertz CT molecular complexity index is 916. The van der Waals surface area contributed by atoms with Gasteiger partial charge in [0.2, 0.25) is 5.91 Å². The zero-order valence-electron chi connectivity index (χ0n) is 19.1. The van der Waals surface area contributed by atoms with Crippen molar-refractivity contribution in [1.82, 2.24) is 10.2 Å². The molecule has 168 valence electrons. The van der Waals surface area contributed by atoms with Crippen molar-refractivity contribution in [3.8, 4) is 11.5 Å². The van der Waals surface area contributed by atoms with Gasteiger partial charge in [0, 0.05) is 30.6 Å². The lowest BCUT2D eigenvalue weighted by Crippen LogP contribution is -2.49. The molecule has 1 aliphatic heterocycles. The maximum Gasteiger partial charge on any atom is 0.222 e. The molecular formula is C25H33FN2O3. The summed E-state index contributed by atoms with van der Waals surface area (Å²) in [5.41, 5.74) is 2.92. The van der Waals surface area contributed by atoms with Crippen molar-refractivity contribution in [1.29, 1.82) is 0 Å². The molecule has 31 heavy (non-hydrogen) atoms. The average molecular weight is 429 g/mol. The molecule has 0 fully saturated rings. The Kier molecular flexibility index (Phi) is 7.55. The highest BCUT2D eigenvalue weighted by Gasteiger charge is 2.35. The standard InChI is InChI=1S/C25H33FN2O3/c1-6-21(27-25(29)16(2)3)24-19-14-23(31-5)22(30-4)13-17(19)11-12-28(24)15-18-9-7-8-10-20(18)26/h7-10,13-14,16,21,24H,6,11-12,15H2,1-5H3,(H,27,29)/t21-,24+/m1/s1. The van der Waals surface area contributed by atoms with Crippen LogP contribution >= 0.6 is 0 Å². The van der Waals surface area contributed by atoms with Gasteiger partial charge >= 0.3 is 0 Å². The third kappa shape index (κ3) is 5.01. The minimum Gasteiger partial charge on any atom is -0.493 e. The van der Waals surface area contributed by atoms with E-state index in [0.29, 0.717) is 23.6 Å². The summed E-state index contributed by atoms with van der Waals surface area (Å²) in [6.07, 6.45) is 1.57. The summed E-state index contributed by atoms with van der Waals surface area (Å²) in [6, 6.07) is 10.7. The monoisotopic (exact) mass is 428 g/mol. The molecule has 2 aromatic carbocycles. The number of carbonyl (C=O) groups excluding carboxylic acids is 1. The van der Waals surface area contributed by atoms with Crippen LogP contribution in [-0.2, 0) is 17.8 Å². The van der Waals surface area contributed by atoms with E-state index in [2.05, 4.69) is 17.1 Å². The first-order valence-corrected chi connectivity index (χ1v) is 10.9. The number of methoxy groups -OCH3 is 2. The smallest absolute Gasteiger partial charge is 0.222 e. The van der Waals surface area contributed by atoms with Crippen LogP contribution in [0, 0.1) is 11.7 Å². The van der Waals surface area contributed by atoms with Gasteiger partial charge in [-0.2, -0.15) is 0 Å². The minimum absolute atomic E-state index is 0.0188. The molecule has 1 heterocycles. The molecule has 0 unspecified atom stereocenters. The number of rotatable bonds is 8. The largest absolute Gasteiger partial charge is 0.493 e. The lowest BCUT2D eigenvalue weighted by Gasteiger charge is -2.42. The molecule has 0 radical (unpaired) electrons. The van der Waals surface area contributed by atoms with Crippen molar-refractivity contribution in [2.75, 3.05) is 20.8 Å². The molecule has 0 saturated carbocycles. The molecule has 5 nitrogen and oxygen atoms in total. The first-order valence-electron chi connectivity index (χ1n) is 10.9. The number of fused-ring (bicyclic) bond motifs is 1. The van der Waals surface area contributed by atoms with Crippen LogP contribution in [0.2, 0.25) is 0 Å². The minimum atomic E-state index is -0.210. The Balaban J connectivity index is 2.05. The second-order valence-corrected chi connectivity index (χ2v) is 8.34. The first-order chi connectivity index (χ1) is 14.9. The first kappa shape index (κ1) is 23.1. The SMILES string of the molecule is CC[C@@H](NC(=O)C(C)C)[C@@H]1c2cc(OC)c(OC)cc2CCN1Cc1ccccc1F. The van der Waals surface area contributed by atoms with Gasteiger partial charge < -0.3 is 14.8 Å². The van der Waals surface area contributed by atoms with Crippen LogP contribution in [0.4, 0.5) is 4.39 Å². The summed E-state index contributed by atoms with van der Waals surface area (Å²) < 4.78 is 25.5. The fourth-order valence-electron chi connectivity index (χ4n) is 4.28. The fraction of sp³-hybridized carbons (Fsp3) is 0.480. The van der Waals surface area contributed by atoms with E-state index in [1.807, 2.05) is 38.1 Å². The molecule has 0 spiro atoms. The van der Waals surface area contributed by atoms with Gasteiger partial charge in [-0.25, -0.2) is 4.39 Å². The Hall–Kier alpha value is -2.60. The number of hydrogen-bond acceptors (Lipinski definition) is 4. The van der Waals surface area contributed by atoms with Gasteiger partial charge in [-0.15, -0.1) is 0 Å². The number of ether oxygens (including phenoxy) is 2. The maximum absolute atomic E-state index is 14.5. The molecule has 1 aliphatic rings. The molecule has 6 heteroatoms. The number of carbonyl (C=O) groups is 1. The van der Waals surface area contributed by atoms with Crippen LogP contribution in [0.1, 0.15) is 49.9 Å². The van der Waals surface area contributed by atoms with Crippen LogP contribution < -0.4 is 14.8 Å². The number of benzene rings is 2. The molecular weight excluding hydrogens is 395 g/mol. The molecule has 0 aromatic heterocycles. The van der Waals surface area contributed by atoms with E-state index in [4.69, 9.17) is 9.47 Å². The third-order valence-corrected chi connectivity index (χ3v) is 6.03. The topological polar surface area (TPSA) is 50.8 Å². The molecule has 2 aromatic rings. The summed E-state index contributed by atoms with van der Waals surface area (Å²) in [6.45, 7) is 7.08. The van der Waals surface area contributed by atoms with Gasteiger partial charge in [-0.1, -0.05) is 39.0 Å². The van der Waals surface area contributed by atoms with E-state index in [1.165, 1.54) is 11.6 Å². The van der Waals surface area contributed by atoms with Gasteiger partial charge in [-0.3, -0.25) is 9.69 Å². The maximum atomic E-state index is 14.5. The Labute approximate surface area is 184 Å². The predicted octanol–water partition coefficient (Wildman–Crippen LogP) is 4.49. The number of nitrogens with one attached hydrogen (secondary N) is 1. The van der Waals surface area contributed by atoms with E-state index in [1.54, 1.807) is 20.3 Å². The fourth-order valence-corrected chi connectivity index (χ4v) is 4.28. The Morgan fingerprint density at radius 1 is 1.19 bits per heavy atom. The van der Waals surface area contributed by atoms with Crippen molar-refractivity contribution in [2.24, 2.45) is 5.92 Å². The molecule has 2 atom stereocenters. The van der Waals surface area contributed by atoms with Crippen LogP contribution in [0.25, 0.3) is 0 Å². The highest BCUT2D eigenvalue weighted by molar-refractivity contribution is 5.78. The summed E-state index contributed by atoms with van der Waals surface area (Å²) in [7, 11) is 3.25. The lowest BCUT2D eigenvalue weighted by molar-refractivity contribution is -0.125. The highest BCUT2D eigenvalue weighted by atomic mass is 19.1. The molecule has 3 rings (SSSR count). The summed E-state index contributed by atoms with van der Waals surface area (Å²) in [5.74, 6) is 1.05. The second kappa shape index (κ2) is 10.1. The van der Waals surface area contributed by atoms with Crippen molar-refractivity contribution < 1.29 is 18.7 Å². The highest BCUT2D eigenvalue weighted by Crippen LogP contribution is 2.40. The third-order valence-electron chi connectivity index (χ3n) is 6.03. The van der Waals surface area contributed by atoms with E-state index < -0.39 is 0 Å². The zero-order valence-corrected chi connectivity index (χ0v) is 19.1. The summed E-state index contributed by atoms with van der Waals surface area (Å²) in [5, 5.41) is 3.23. The quantitative estimate of drug-likeness (QED) is 0.673. The van der Waals surface area contributed by atoms with Crippen LogP contribution in [0.5, 0.6) is 11.5 Å². The van der Waals surface area contributed by atoms with E-state index in [-0.39, 0.29) is 29.7 Å². The molecule has 1 N–H and O–H groups in total. The van der Waals surface area contributed by atoms with Gasteiger partial charge in [0.25, 0.3) is 0 Å². The number of amides is 1. The van der Waals surface area contributed by atoms with Crippen LogP contribution in [-0.4, -0.2) is 37.6 Å². The van der Waals surface area contributed by atoms with Gasteiger partial charge in [-0.05, 0) is 42.2 Å². The normalized spacial score (nSPS) is 17.2. The molecule has 1 amide bonds. The molecule has 0 bridgehead atoms. The summed E-state index contributed by atoms with van der Waals surface area (Å²) >= 11 is 0. The molecule has 0 aliphatic carbocycles. The average Bonchev–Trinajstić information content (AvgIpc) is 2.77. The Morgan fingerprint density at radius 3 is 2.48 bits per heavy atom. The lowest BCUT2D eigenvalue weighted by atomic mass is 9.86. The number of halogens is 1. The molecule has 0 saturated heterocycles. The zero-order chi connectivity index (χ0) is 22.5. The second-order valence-electron chi connectivity index (χ2n) is 8.34. The van der Waals surface area contributed by atoms with Crippen molar-refractivity contribution in [3.63, 3.8) is 0 Å². The van der Waals surface area contributed by atoms with Crippen LogP contribution in [0.3, 0.4) is 0 Å². The van der Waals surface area contributed by atoms with E-state index in [9.17, 15) is 9.18 Å². The van der Waals surface area contributed by atoms with Crippen molar-refractivity contribution >= 4 is 5.91 Å². The number of nitrogens with zero attached hydrogens (tertiary/aromatic N) is 1. The van der Waals surface area contributed by atoms with Crippen molar-refractivity contribution in [2.45, 2.75) is 52.2 Å². The van der Waals surface area contributed by atoms with Crippen molar-refractivity contribution in [3.05, 3.63) is 58.9 Å². The Morgan fingerprint density at radius 2 is 1.87 bits per heavy atom. The number of hydrogen-bond donors (Lipinski definition) is 1. The van der Waals surface area contributed by atoms with Gasteiger partial charge in [0.1, 0.15) is 5.82 Å².